The molecule has 0 amide bonds. The van der Waals surface area contributed by atoms with Crippen molar-refractivity contribution in [3.05, 3.63) is 30.4 Å². The lowest BCUT2D eigenvalue weighted by atomic mass is 10.2. The number of hydrogen-bond acceptors (Lipinski definition) is 4. The summed E-state index contributed by atoms with van der Waals surface area (Å²) in [7, 11) is 4.78. The maximum Gasteiger partial charge on any atom is 0.203 e. The van der Waals surface area contributed by atoms with E-state index in [-0.39, 0.29) is 0 Å². The highest BCUT2D eigenvalue weighted by Gasteiger charge is 2.14. The van der Waals surface area contributed by atoms with Crippen LogP contribution in [0.15, 0.2) is 24.7 Å². The van der Waals surface area contributed by atoms with Crippen LogP contribution in [0.4, 0.5) is 0 Å². The zero-order valence-electron chi connectivity index (χ0n) is 11.0. The molecule has 0 saturated heterocycles. The van der Waals surface area contributed by atoms with Gasteiger partial charge in [-0.15, -0.1) is 0 Å². The second-order valence-corrected chi connectivity index (χ2v) is 4.35. The zero-order chi connectivity index (χ0) is 13.8. The molecule has 0 aliphatic carbocycles. The smallest absolute Gasteiger partial charge is 0.203 e. The molecule has 2 aromatic rings. The monoisotopic (exact) mass is 326 g/mol. The van der Waals surface area contributed by atoms with Gasteiger partial charge in [0.15, 0.2) is 11.5 Å². The highest BCUT2D eigenvalue weighted by molar-refractivity contribution is 9.08. The van der Waals surface area contributed by atoms with Gasteiger partial charge in [0, 0.05) is 23.7 Å². The lowest BCUT2D eigenvalue weighted by Crippen LogP contribution is -1.98. The van der Waals surface area contributed by atoms with E-state index in [0.717, 1.165) is 11.4 Å². The van der Waals surface area contributed by atoms with Crippen LogP contribution in [0.25, 0.3) is 5.69 Å². The van der Waals surface area contributed by atoms with Crippen molar-refractivity contribution >= 4 is 15.9 Å². The number of alkyl halides is 1. The molecule has 1 aromatic carbocycles. The van der Waals surface area contributed by atoms with Crippen LogP contribution in [0.1, 0.15) is 5.69 Å². The molecule has 19 heavy (non-hydrogen) atoms. The molecule has 0 aliphatic heterocycles. The normalized spacial score (nSPS) is 10.3. The molecule has 6 heteroatoms. The van der Waals surface area contributed by atoms with Gasteiger partial charge in [-0.25, -0.2) is 4.98 Å². The van der Waals surface area contributed by atoms with Crippen molar-refractivity contribution in [1.29, 1.82) is 0 Å². The Bertz CT molecular complexity index is 544. The average Bonchev–Trinajstić information content (AvgIpc) is 2.94. The molecule has 0 saturated carbocycles. The Labute approximate surface area is 120 Å². The van der Waals surface area contributed by atoms with Crippen molar-refractivity contribution in [2.75, 3.05) is 21.3 Å². The summed E-state index contributed by atoms with van der Waals surface area (Å²) in [6.45, 7) is 0. The molecule has 102 valence electrons. The SMILES string of the molecule is COc1cc(-n2cnc(CBr)c2)cc(OC)c1OC. The van der Waals surface area contributed by atoms with Crippen molar-refractivity contribution in [1.82, 2.24) is 9.55 Å². The standard InChI is InChI=1S/C13H15BrN2O3/c1-17-11-4-10(5-12(18-2)13(11)19-3)16-7-9(6-14)15-8-16/h4-5,7-8H,6H2,1-3H3. The van der Waals surface area contributed by atoms with Crippen molar-refractivity contribution in [2.45, 2.75) is 5.33 Å². The highest BCUT2D eigenvalue weighted by Crippen LogP contribution is 2.39. The molecule has 0 bridgehead atoms. The minimum Gasteiger partial charge on any atom is -0.493 e. The third-order valence-corrected chi connectivity index (χ3v) is 3.30. The number of imidazole rings is 1. The zero-order valence-corrected chi connectivity index (χ0v) is 12.6. The number of hydrogen-bond donors (Lipinski definition) is 0. The summed E-state index contributed by atoms with van der Waals surface area (Å²) in [4.78, 5) is 4.27. The summed E-state index contributed by atoms with van der Waals surface area (Å²) < 4.78 is 17.8. The summed E-state index contributed by atoms with van der Waals surface area (Å²) in [5, 5.41) is 0.713. The number of ether oxygens (including phenoxy) is 3. The average molecular weight is 327 g/mol. The molecular weight excluding hydrogens is 312 g/mol. The topological polar surface area (TPSA) is 45.5 Å². The first-order chi connectivity index (χ1) is 9.23. The lowest BCUT2D eigenvalue weighted by molar-refractivity contribution is 0.324. The quantitative estimate of drug-likeness (QED) is 0.792. The van der Waals surface area contributed by atoms with Crippen LogP contribution in [-0.4, -0.2) is 30.9 Å². The second kappa shape index (κ2) is 5.97. The Morgan fingerprint density at radius 3 is 2.16 bits per heavy atom. The second-order valence-electron chi connectivity index (χ2n) is 3.79. The van der Waals surface area contributed by atoms with E-state index in [1.807, 2.05) is 22.9 Å². The first-order valence-corrected chi connectivity index (χ1v) is 6.74. The predicted octanol–water partition coefficient (Wildman–Crippen LogP) is 2.79. The third-order valence-electron chi connectivity index (χ3n) is 2.72. The summed E-state index contributed by atoms with van der Waals surface area (Å²) in [5.74, 6) is 1.81. The van der Waals surface area contributed by atoms with Crippen LogP contribution in [-0.2, 0) is 5.33 Å². The van der Waals surface area contributed by atoms with E-state index in [1.54, 1.807) is 27.7 Å². The fourth-order valence-corrected chi connectivity index (χ4v) is 2.08. The van der Waals surface area contributed by atoms with Crippen LogP contribution in [0.3, 0.4) is 0 Å². The third kappa shape index (κ3) is 2.68. The van der Waals surface area contributed by atoms with Gasteiger partial charge in [0.25, 0.3) is 0 Å². The lowest BCUT2D eigenvalue weighted by Gasteiger charge is -2.14. The van der Waals surface area contributed by atoms with Crippen LogP contribution in [0.2, 0.25) is 0 Å². The Morgan fingerprint density at radius 1 is 1.11 bits per heavy atom. The van der Waals surface area contributed by atoms with Crippen molar-refractivity contribution in [3.63, 3.8) is 0 Å². The molecule has 1 aromatic heterocycles. The highest BCUT2D eigenvalue weighted by atomic mass is 79.9. The number of methoxy groups -OCH3 is 3. The minimum absolute atomic E-state index is 0.578. The van der Waals surface area contributed by atoms with E-state index in [1.165, 1.54) is 0 Å². The van der Waals surface area contributed by atoms with E-state index in [9.17, 15) is 0 Å². The minimum atomic E-state index is 0.578. The fourth-order valence-electron chi connectivity index (χ4n) is 1.79. The first-order valence-electron chi connectivity index (χ1n) is 5.62. The molecule has 0 unspecified atom stereocenters. The fraction of sp³-hybridized carbons (Fsp3) is 0.308. The number of nitrogens with zero attached hydrogens (tertiary/aromatic N) is 2. The van der Waals surface area contributed by atoms with E-state index in [4.69, 9.17) is 14.2 Å². The molecule has 2 rings (SSSR count). The molecule has 0 fully saturated rings. The summed E-state index contributed by atoms with van der Waals surface area (Å²) in [5.41, 5.74) is 1.85. The largest absolute Gasteiger partial charge is 0.493 e. The Kier molecular flexibility index (Phi) is 4.31. The summed E-state index contributed by atoms with van der Waals surface area (Å²) in [6, 6.07) is 3.75. The number of halogens is 1. The van der Waals surface area contributed by atoms with Gasteiger partial charge >= 0.3 is 0 Å². The van der Waals surface area contributed by atoms with Gasteiger partial charge < -0.3 is 18.8 Å². The number of benzene rings is 1. The van der Waals surface area contributed by atoms with Crippen LogP contribution in [0, 0.1) is 0 Å². The van der Waals surface area contributed by atoms with Crippen LogP contribution >= 0.6 is 15.9 Å². The van der Waals surface area contributed by atoms with Gasteiger partial charge in [0.1, 0.15) is 0 Å². The molecule has 0 spiro atoms. The molecule has 0 atom stereocenters. The van der Waals surface area contributed by atoms with Gasteiger partial charge in [0.05, 0.1) is 39.0 Å². The Balaban J connectivity index is 2.51. The first kappa shape index (κ1) is 13.7. The van der Waals surface area contributed by atoms with Gasteiger partial charge in [-0.3, -0.25) is 0 Å². The number of rotatable bonds is 5. The Hall–Kier alpha value is -1.69. The van der Waals surface area contributed by atoms with E-state index in [0.29, 0.717) is 22.6 Å². The van der Waals surface area contributed by atoms with Crippen molar-refractivity contribution in [3.8, 4) is 22.9 Å². The molecule has 5 nitrogen and oxygen atoms in total. The summed E-state index contributed by atoms with van der Waals surface area (Å²) >= 11 is 3.38. The van der Waals surface area contributed by atoms with Crippen LogP contribution in [0.5, 0.6) is 17.2 Å². The molecule has 0 radical (unpaired) electrons. The summed E-state index contributed by atoms with van der Waals surface area (Å²) in [6.07, 6.45) is 3.69. The Morgan fingerprint density at radius 2 is 1.74 bits per heavy atom. The van der Waals surface area contributed by atoms with E-state index >= 15 is 0 Å². The van der Waals surface area contributed by atoms with Gasteiger partial charge in [0.2, 0.25) is 5.75 Å². The van der Waals surface area contributed by atoms with Gasteiger partial charge in [-0.2, -0.15) is 0 Å². The molecular formula is C13H15BrN2O3. The van der Waals surface area contributed by atoms with Crippen molar-refractivity contribution in [2.24, 2.45) is 0 Å². The van der Waals surface area contributed by atoms with Crippen LogP contribution < -0.4 is 14.2 Å². The molecule has 0 aliphatic rings. The maximum atomic E-state index is 5.33. The maximum absolute atomic E-state index is 5.33. The van der Waals surface area contributed by atoms with Crippen molar-refractivity contribution < 1.29 is 14.2 Å². The number of aromatic nitrogens is 2. The van der Waals surface area contributed by atoms with E-state index in [2.05, 4.69) is 20.9 Å². The van der Waals surface area contributed by atoms with E-state index < -0.39 is 0 Å². The van der Waals surface area contributed by atoms with Gasteiger partial charge in [-0.1, -0.05) is 15.9 Å². The predicted molar refractivity (Wildman–Crippen MR) is 75.9 cm³/mol. The van der Waals surface area contributed by atoms with Gasteiger partial charge in [-0.05, 0) is 0 Å². The molecule has 1 heterocycles. The molecule has 0 N–H and O–H groups in total.